The van der Waals surface area contributed by atoms with Crippen LogP contribution >= 0.6 is 0 Å². The van der Waals surface area contributed by atoms with Crippen LogP contribution in [0, 0.1) is 0 Å². The number of guanidine groups is 1. The van der Waals surface area contributed by atoms with Gasteiger partial charge in [0.15, 0.2) is 11.5 Å². The molecule has 3 aromatic carbocycles. The molecule has 0 spiro atoms. The van der Waals surface area contributed by atoms with E-state index in [1.165, 1.54) is 63.8 Å². The first-order valence-electron chi connectivity index (χ1n) is 11.2. The van der Waals surface area contributed by atoms with Crippen molar-refractivity contribution in [1.82, 2.24) is 10.6 Å². The zero-order chi connectivity index (χ0) is 28.6. The number of hydrogen-bond donors (Lipinski definition) is 4. The Labute approximate surface area is 225 Å². The molecule has 3 aromatic rings. The van der Waals surface area contributed by atoms with Crippen LogP contribution in [0.4, 0.5) is 5.69 Å². The van der Waals surface area contributed by atoms with E-state index in [2.05, 4.69) is 15.0 Å². The van der Waals surface area contributed by atoms with E-state index in [4.69, 9.17) is 25.7 Å². The summed E-state index contributed by atoms with van der Waals surface area (Å²) in [4.78, 5) is 25.9. The van der Waals surface area contributed by atoms with Gasteiger partial charge in [-0.25, -0.2) is 0 Å². The number of rotatable bonds is 9. The monoisotopic (exact) mass is 553 g/mol. The predicted molar refractivity (Wildman–Crippen MR) is 146 cm³/mol. The molecule has 204 valence electrons. The third-order valence-electron chi connectivity index (χ3n) is 5.20. The molecular formula is C26H27N5O7S. The average molecular weight is 554 g/mol. The lowest BCUT2D eigenvalue weighted by molar-refractivity contribution is -0.116. The first-order chi connectivity index (χ1) is 18.6. The molecule has 0 saturated carbocycles. The number of ether oxygens (including phenoxy) is 3. The molecule has 12 nitrogen and oxygen atoms in total. The number of amides is 2. The molecule has 39 heavy (non-hydrogen) atoms. The molecule has 0 bridgehead atoms. The van der Waals surface area contributed by atoms with Crippen LogP contribution in [0.25, 0.3) is 6.08 Å². The van der Waals surface area contributed by atoms with Gasteiger partial charge in [0.1, 0.15) is 11.4 Å². The van der Waals surface area contributed by atoms with Crippen molar-refractivity contribution >= 4 is 39.6 Å². The number of carbonyl (C=O) groups is 2. The van der Waals surface area contributed by atoms with Crippen LogP contribution in [-0.4, -0.2) is 47.5 Å². The summed E-state index contributed by atoms with van der Waals surface area (Å²) in [7, 11) is 0.158. The maximum atomic E-state index is 13.1. The largest absolute Gasteiger partial charge is 0.497 e. The molecule has 0 aliphatic carbocycles. The third kappa shape index (κ3) is 7.49. The number of methoxy groups -OCH3 is 3. The van der Waals surface area contributed by atoms with E-state index in [0.717, 1.165) is 0 Å². The number of carbonyl (C=O) groups excluding carboxylic acids is 2. The second-order valence-corrected chi connectivity index (χ2v) is 9.43. The lowest BCUT2D eigenvalue weighted by atomic mass is 10.1. The van der Waals surface area contributed by atoms with Gasteiger partial charge in [0.05, 0.1) is 26.2 Å². The number of benzene rings is 3. The molecule has 13 heteroatoms. The minimum atomic E-state index is -4.25. The fourth-order valence-corrected chi connectivity index (χ4v) is 4.12. The number of sulfonamides is 1. The Hall–Kier alpha value is -5.04. The van der Waals surface area contributed by atoms with Crippen molar-refractivity contribution in [1.29, 1.82) is 0 Å². The van der Waals surface area contributed by atoms with Gasteiger partial charge in [-0.2, -0.15) is 8.42 Å². The zero-order valence-electron chi connectivity index (χ0n) is 21.3. The van der Waals surface area contributed by atoms with Crippen LogP contribution in [0.2, 0.25) is 0 Å². The van der Waals surface area contributed by atoms with E-state index in [9.17, 15) is 18.0 Å². The molecular weight excluding hydrogens is 526 g/mol. The summed E-state index contributed by atoms with van der Waals surface area (Å²) in [5.41, 5.74) is 12.1. The van der Waals surface area contributed by atoms with Crippen LogP contribution in [0.3, 0.4) is 0 Å². The van der Waals surface area contributed by atoms with E-state index in [1.54, 1.807) is 30.3 Å². The molecule has 0 saturated heterocycles. The number of anilines is 1. The first kappa shape index (κ1) is 28.5. The molecule has 0 aliphatic heterocycles. The quantitative estimate of drug-likeness (QED) is 0.133. The minimum Gasteiger partial charge on any atom is -0.497 e. The second-order valence-electron chi connectivity index (χ2n) is 7.83. The summed E-state index contributed by atoms with van der Waals surface area (Å²) in [5, 5.41) is 4.70. The summed E-state index contributed by atoms with van der Waals surface area (Å²) in [6, 6.07) is 16.3. The maximum absolute atomic E-state index is 13.1. The minimum absolute atomic E-state index is 0.178. The van der Waals surface area contributed by atoms with Gasteiger partial charge in [0.2, 0.25) is 5.96 Å². The number of nitrogens with one attached hydrogen (secondary N) is 2. The summed E-state index contributed by atoms with van der Waals surface area (Å²) in [5.74, 6) is -0.898. The van der Waals surface area contributed by atoms with Gasteiger partial charge in [-0.3, -0.25) is 14.9 Å². The topological polar surface area (TPSA) is 184 Å². The lowest BCUT2D eigenvalue weighted by Gasteiger charge is -2.12. The molecule has 0 aliphatic rings. The number of nitrogens with two attached hydrogens (primary N) is 2. The smallest absolute Gasteiger partial charge is 0.285 e. The highest BCUT2D eigenvalue weighted by atomic mass is 32.2. The molecule has 0 heterocycles. The highest BCUT2D eigenvalue weighted by molar-refractivity contribution is 7.90. The van der Waals surface area contributed by atoms with E-state index >= 15 is 0 Å². The van der Waals surface area contributed by atoms with Gasteiger partial charge in [0.25, 0.3) is 21.8 Å². The Bertz CT molecular complexity index is 1520. The van der Waals surface area contributed by atoms with Crippen LogP contribution in [0.15, 0.2) is 81.7 Å². The third-order valence-corrected chi connectivity index (χ3v) is 6.51. The van der Waals surface area contributed by atoms with Gasteiger partial charge in [0, 0.05) is 11.3 Å². The maximum Gasteiger partial charge on any atom is 0.285 e. The second kappa shape index (κ2) is 12.5. The average Bonchev–Trinajstić information content (AvgIpc) is 2.92. The predicted octanol–water partition coefficient (Wildman–Crippen LogP) is 1.89. The van der Waals surface area contributed by atoms with E-state index in [-0.39, 0.29) is 16.2 Å². The fourth-order valence-electron chi connectivity index (χ4n) is 3.23. The van der Waals surface area contributed by atoms with Crippen molar-refractivity contribution in [2.45, 2.75) is 4.90 Å². The Morgan fingerprint density at radius 2 is 1.49 bits per heavy atom. The Morgan fingerprint density at radius 3 is 2.08 bits per heavy atom. The Balaban J connectivity index is 1.93. The van der Waals surface area contributed by atoms with Crippen molar-refractivity contribution in [2.24, 2.45) is 10.1 Å². The van der Waals surface area contributed by atoms with Gasteiger partial charge >= 0.3 is 0 Å². The molecule has 0 aromatic heterocycles. The van der Waals surface area contributed by atoms with Crippen LogP contribution < -0.4 is 36.3 Å². The molecule has 0 radical (unpaired) electrons. The highest BCUT2D eigenvalue weighted by Gasteiger charge is 2.19. The number of nitrogens with zero attached hydrogens (tertiary/aromatic N) is 1. The van der Waals surface area contributed by atoms with Gasteiger partial charge in [-0.05, 0) is 72.3 Å². The van der Waals surface area contributed by atoms with Crippen molar-refractivity contribution < 1.29 is 32.2 Å². The molecule has 0 fully saturated rings. The normalized spacial score (nSPS) is 11.9. The van der Waals surface area contributed by atoms with E-state index < -0.39 is 27.8 Å². The van der Waals surface area contributed by atoms with Crippen molar-refractivity contribution in [3.8, 4) is 17.2 Å². The van der Waals surface area contributed by atoms with Crippen molar-refractivity contribution in [2.75, 3.05) is 27.1 Å². The molecule has 3 rings (SSSR count). The summed E-state index contributed by atoms with van der Waals surface area (Å²) in [6.45, 7) is 0. The summed E-state index contributed by atoms with van der Waals surface area (Å²) < 4.78 is 44.2. The van der Waals surface area contributed by atoms with Crippen molar-refractivity contribution in [3.05, 3.63) is 83.6 Å². The van der Waals surface area contributed by atoms with Crippen LogP contribution in [0.5, 0.6) is 17.2 Å². The SMILES string of the molecule is COc1ccc(C(=O)N/C(=C\c2ccc(OC)c(OC)c2)C(=O)NC(N)=NS(=O)(=O)c2ccc(N)cc2)cc1. The molecule has 0 atom stereocenters. The molecule has 0 unspecified atom stereocenters. The van der Waals surface area contributed by atoms with Gasteiger partial charge in [-0.1, -0.05) is 6.07 Å². The highest BCUT2D eigenvalue weighted by Crippen LogP contribution is 2.28. The molecule has 2 amide bonds. The standard InChI is InChI=1S/C26H27N5O7S/c1-36-19-9-5-17(6-10-19)24(32)29-21(14-16-4-13-22(37-2)23(15-16)38-3)25(33)30-26(28)31-39(34,35)20-11-7-18(27)8-12-20/h4-15H,27H2,1-3H3,(H,29,32)(H3,28,30,31,33)/b21-14-. The van der Waals surface area contributed by atoms with Crippen LogP contribution in [0.1, 0.15) is 15.9 Å². The van der Waals surface area contributed by atoms with Gasteiger partial charge < -0.3 is 31.0 Å². The Morgan fingerprint density at radius 1 is 0.846 bits per heavy atom. The fraction of sp³-hybridized carbons (Fsp3) is 0.115. The summed E-state index contributed by atoms with van der Waals surface area (Å²) >= 11 is 0. The number of nitrogen functional groups attached to an aromatic ring is 1. The lowest BCUT2D eigenvalue weighted by Crippen LogP contribution is -2.42. The van der Waals surface area contributed by atoms with E-state index in [1.807, 2.05) is 0 Å². The Kier molecular flexibility index (Phi) is 9.12. The van der Waals surface area contributed by atoms with Crippen molar-refractivity contribution in [3.63, 3.8) is 0 Å². The van der Waals surface area contributed by atoms with E-state index in [0.29, 0.717) is 28.5 Å². The summed E-state index contributed by atoms with van der Waals surface area (Å²) in [6.07, 6.45) is 1.35. The number of hydrogen-bond acceptors (Lipinski definition) is 8. The first-order valence-corrected chi connectivity index (χ1v) is 12.7. The van der Waals surface area contributed by atoms with Crippen LogP contribution in [-0.2, 0) is 14.8 Å². The van der Waals surface area contributed by atoms with Gasteiger partial charge in [-0.15, -0.1) is 4.40 Å². The zero-order valence-corrected chi connectivity index (χ0v) is 22.1. The molecule has 6 N–H and O–H groups in total.